The topological polar surface area (TPSA) is 0 Å². The van der Waals surface area contributed by atoms with Gasteiger partial charge < -0.3 is 0 Å². The largest absolute Gasteiger partial charge is 0.0810 e. The van der Waals surface area contributed by atoms with Crippen LogP contribution < -0.4 is 0 Å². The molecule has 0 atom stereocenters. The van der Waals surface area contributed by atoms with Gasteiger partial charge in [0.1, 0.15) is 0 Å². The highest BCUT2D eigenvalue weighted by atomic mass is 14.2. The van der Waals surface area contributed by atoms with Crippen molar-refractivity contribution in [2.24, 2.45) is 5.41 Å². The molecule has 18 heavy (non-hydrogen) atoms. The molecular formula is C18H26. The van der Waals surface area contributed by atoms with Gasteiger partial charge in [-0.3, -0.25) is 0 Å². The Kier molecular flexibility index (Phi) is 4.95. The minimum Gasteiger partial charge on any atom is -0.0810 e. The first-order valence-electron chi connectivity index (χ1n) is 6.80. The number of hydrogen-bond acceptors (Lipinski definition) is 0. The molecule has 0 fully saturated rings. The molecule has 0 radical (unpaired) electrons. The van der Waals surface area contributed by atoms with Gasteiger partial charge in [-0.05, 0) is 42.4 Å². The van der Waals surface area contributed by atoms with Crippen LogP contribution in [0.5, 0.6) is 0 Å². The molecule has 0 nitrogen and oxygen atoms in total. The van der Waals surface area contributed by atoms with Crippen LogP contribution in [0.25, 0.3) is 5.57 Å². The van der Waals surface area contributed by atoms with Gasteiger partial charge in [-0.25, -0.2) is 0 Å². The number of benzene rings is 1. The third kappa shape index (κ3) is 4.18. The van der Waals surface area contributed by atoms with Crippen LogP contribution in [-0.2, 0) is 0 Å². The Bertz CT molecular complexity index is 436. The lowest BCUT2D eigenvalue weighted by Gasteiger charge is -2.21. The van der Waals surface area contributed by atoms with Crippen molar-refractivity contribution in [3.8, 4) is 0 Å². The van der Waals surface area contributed by atoms with E-state index in [4.69, 9.17) is 0 Å². The van der Waals surface area contributed by atoms with Crippen LogP contribution >= 0.6 is 0 Å². The molecule has 0 saturated heterocycles. The molecule has 0 saturated carbocycles. The second kappa shape index (κ2) is 6.04. The van der Waals surface area contributed by atoms with E-state index in [1.54, 1.807) is 0 Å². The third-order valence-electron chi connectivity index (χ3n) is 3.17. The van der Waals surface area contributed by atoms with E-state index in [2.05, 4.69) is 78.0 Å². The molecule has 0 unspecified atom stereocenters. The van der Waals surface area contributed by atoms with Crippen LogP contribution in [0.1, 0.15) is 52.2 Å². The predicted octanol–water partition coefficient (Wildman–Crippen LogP) is 5.78. The van der Waals surface area contributed by atoms with Crippen molar-refractivity contribution in [1.29, 1.82) is 0 Å². The molecule has 1 rings (SSSR count). The first-order valence-corrected chi connectivity index (χ1v) is 6.80. The van der Waals surface area contributed by atoms with Crippen molar-refractivity contribution in [2.45, 2.75) is 48.0 Å². The molecule has 1 aromatic rings. The average molecular weight is 242 g/mol. The Balaban J connectivity index is 3.07. The van der Waals surface area contributed by atoms with E-state index in [9.17, 15) is 0 Å². The molecule has 0 heterocycles. The van der Waals surface area contributed by atoms with Gasteiger partial charge in [0.2, 0.25) is 0 Å². The van der Waals surface area contributed by atoms with Gasteiger partial charge in [0.15, 0.2) is 0 Å². The molecule has 0 aliphatic rings. The summed E-state index contributed by atoms with van der Waals surface area (Å²) in [6.07, 6.45) is 5.75. The van der Waals surface area contributed by atoms with Crippen molar-refractivity contribution in [3.05, 3.63) is 53.1 Å². The summed E-state index contributed by atoms with van der Waals surface area (Å²) >= 11 is 0. The summed E-state index contributed by atoms with van der Waals surface area (Å²) in [4.78, 5) is 0. The van der Waals surface area contributed by atoms with Crippen molar-refractivity contribution < 1.29 is 0 Å². The molecule has 1 aromatic carbocycles. The van der Waals surface area contributed by atoms with Gasteiger partial charge >= 0.3 is 0 Å². The normalized spacial score (nSPS) is 13.9. The molecule has 0 bridgehead atoms. The summed E-state index contributed by atoms with van der Waals surface area (Å²) in [5, 5.41) is 0. The number of hydrogen-bond donors (Lipinski definition) is 0. The Morgan fingerprint density at radius 2 is 1.67 bits per heavy atom. The van der Waals surface area contributed by atoms with E-state index in [0.717, 1.165) is 6.42 Å². The maximum absolute atomic E-state index is 2.33. The summed E-state index contributed by atoms with van der Waals surface area (Å²) in [5.74, 6) is 0. The zero-order chi connectivity index (χ0) is 13.8. The van der Waals surface area contributed by atoms with Gasteiger partial charge in [-0.15, -0.1) is 0 Å². The Labute approximate surface area is 112 Å². The monoisotopic (exact) mass is 242 g/mol. The summed E-state index contributed by atoms with van der Waals surface area (Å²) < 4.78 is 0. The fraction of sp³-hybridized carbons (Fsp3) is 0.444. The Hall–Kier alpha value is -1.30. The number of allylic oxidation sites excluding steroid dienone is 4. The second-order valence-electron chi connectivity index (χ2n) is 6.01. The quantitative estimate of drug-likeness (QED) is 0.589. The Morgan fingerprint density at radius 3 is 2.11 bits per heavy atom. The Morgan fingerprint density at radius 1 is 1.11 bits per heavy atom. The van der Waals surface area contributed by atoms with Crippen LogP contribution in [0.4, 0.5) is 0 Å². The van der Waals surface area contributed by atoms with E-state index in [1.165, 1.54) is 22.3 Å². The molecule has 0 aliphatic heterocycles. The van der Waals surface area contributed by atoms with Crippen molar-refractivity contribution in [3.63, 3.8) is 0 Å². The molecule has 0 aliphatic carbocycles. The molecule has 0 heteroatoms. The minimum atomic E-state index is 0.210. The lowest BCUT2D eigenvalue weighted by molar-refractivity contribution is 0.515. The molecule has 0 spiro atoms. The van der Waals surface area contributed by atoms with E-state index in [0.29, 0.717) is 0 Å². The highest BCUT2D eigenvalue weighted by Gasteiger charge is 2.14. The highest BCUT2D eigenvalue weighted by Crippen LogP contribution is 2.29. The maximum atomic E-state index is 2.33. The zero-order valence-corrected chi connectivity index (χ0v) is 12.7. The SMILES string of the molecule is CC/C=C(\C=C(\C)c1ccc(C)cc1)C(C)(C)C. The van der Waals surface area contributed by atoms with Gasteiger partial charge in [0, 0.05) is 0 Å². The van der Waals surface area contributed by atoms with Crippen LogP contribution in [0, 0.1) is 12.3 Å². The van der Waals surface area contributed by atoms with E-state index >= 15 is 0 Å². The summed E-state index contributed by atoms with van der Waals surface area (Å²) in [6, 6.07) is 8.75. The molecule has 0 N–H and O–H groups in total. The van der Waals surface area contributed by atoms with Crippen molar-refractivity contribution in [2.75, 3.05) is 0 Å². The standard InChI is InChI=1S/C18H26/c1-7-8-17(18(4,5)6)13-15(3)16-11-9-14(2)10-12-16/h8-13H,7H2,1-6H3/b15-13-,17-8+. The van der Waals surface area contributed by atoms with Crippen LogP contribution in [-0.4, -0.2) is 0 Å². The first kappa shape index (κ1) is 14.8. The number of aryl methyl sites for hydroxylation is 1. The lowest BCUT2D eigenvalue weighted by atomic mass is 9.84. The smallest absolute Gasteiger partial charge is 0.0135 e. The third-order valence-corrected chi connectivity index (χ3v) is 3.17. The van der Waals surface area contributed by atoms with E-state index in [-0.39, 0.29) is 5.41 Å². The van der Waals surface area contributed by atoms with Gasteiger partial charge in [0.25, 0.3) is 0 Å². The van der Waals surface area contributed by atoms with Gasteiger partial charge in [0.05, 0.1) is 0 Å². The van der Waals surface area contributed by atoms with Gasteiger partial charge in [-0.2, -0.15) is 0 Å². The van der Waals surface area contributed by atoms with E-state index < -0.39 is 0 Å². The van der Waals surface area contributed by atoms with E-state index in [1.807, 2.05) is 0 Å². The minimum absolute atomic E-state index is 0.210. The molecule has 0 amide bonds. The second-order valence-corrected chi connectivity index (χ2v) is 6.01. The first-order chi connectivity index (χ1) is 8.34. The lowest BCUT2D eigenvalue weighted by Crippen LogP contribution is -2.07. The van der Waals surface area contributed by atoms with Crippen LogP contribution in [0.15, 0.2) is 42.0 Å². The van der Waals surface area contributed by atoms with Gasteiger partial charge in [-0.1, -0.05) is 69.7 Å². The number of rotatable bonds is 3. The average Bonchev–Trinajstić information content (AvgIpc) is 2.28. The van der Waals surface area contributed by atoms with Crippen molar-refractivity contribution in [1.82, 2.24) is 0 Å². The predicted molar refractivity (Wildman–Crippen MR) is 82.7 cm³/mol. The van der Waals surface area contributed by atoms with Crippen molar-refractivity contribution >= 4 is 5.57 Å². The molecule has 0 aromatic heterocycles. The fourth-order valence-electron chi connectivity index (χ4n) is 1.93. The summed E-state index contributed by atoms with van der Waals surface area (Å²) in [7, 11) is 0. The molecular weight excluding hydrogens is 216 g/mol. The fourth-order valence-corrected chi connectivity index (χ4v) is 1.93. The van der Waals surface area contributed by atoms with Crippen LogP contribution in [0.2, 0.25) is 0 Å². The highest BCUT2D eigenvalue weighted by molar-refractivity contribution is 5.67. The maximum Gasteiger partial charge on any atom is -0.0135 e. The zero-order valence-electron chi connectivity index (χ0n) is 12.7. The van der Waals surface area contributed by atoms with Crippen LogP contribution in [0.3, 0.4) is 0 Å². The molecule has 98 valence electrons. The summed E-state index contributed by atoms with van der Waals surface area (Å²) in [5.41, 5.74) is 5.59. The summed E-state index contributed by atoms with van der Waals surface area (Å²) in [6.45, 7) is 13.3.